The van der Waals surface area contributed by atoms with Crippen molar-refractivity contribution in [3.8, 4) is 33.7 Å². The number of hydrogen-bond acceptors (Lipinski definition) is 1. The van der Waals surface area contributed by atoms with Gasteiger partial charge in [-0.25, -0.2) is 4.39 Å². The second-order valence-electron chi connectivity index (χ2n) is 17.8. The van der Waals surface area contributed by atoms with Crippen LogP contribution in [0.4, 0.5) is 17.6 Å². The first-order chi connectivity index (χ1) is 27.5. The predicted molar refractivity (Wildman–Crippen MR) is 228 cm³/mol. The Bertz CT molecular complexity index is 2960. The van der Waals surface area contributed by atoms with Gasteiger partial charge in [0.2, 0.25) is 0 Å². The topological polar surface area (TPSA) is 14.2 Å². The van der Waals surface area contributed by atoms with Crippen LogP contribution in [-0.2, 0) is 22.6 Å². The van der Waals surface area contributed by atoms with Gasteiger partial charge < -0.3 is 9.30 Å². The number of nitrogens with zero attached hydrogens (tertiary/aromatic N) is 1. The molecule has 1 aliphatic heterocycles. The summed E-state index contributed by atoms with van der Waals surface area (Å²) < 4.78 is 70.0. The zero-order valence-corrected chi connectivity index (χ0v) is 33.1. The Morgan fingerprint density at radius 2 is 1.12 bits per heavy atom. The van der Waals surface area contributed by atoms with Crippen LogP contribution >= 0.6 is 0 Å². The summed E-state index contributed by atoms with van der Waals surface area (Å²) in [4.78, 5) is 0. The van der Waals surface area contributed by atoms with E-state index >= 15 is 13.2 Å². The van der Waals surface area contributed by atoms with E-state index in [0.29, 0.717) is 27.5 Å². The Balaban J connectivity index is 1.18. The fourth-order valence-electron chi connectivity index (χ4n) is 9.19. The largest absolute Gasteiger partial charge is 0.472 e. The van der Waals surface area contributed by atoms with Gasteiger partial charge in [-0.1, -0.05) is 120 Å². The third-order valence-electron chi connectivity index (χ3n) is 12.2. The van der Waals surface area contributed by atoms with Crippen molar-refractivity contribution in [2.24, 2.45) is 0 Å². The highest BCUT2D eigenvalue weighted by Crippen LogP contribution is 2.58. The molecule has 0 spiro atoms. The van der Waals surface area contributed by atoms with Gasteiger partial charge in [-0.3, -0.25) is 0 Å². The molecule has 10 rings (SSSR count). The second-order valence-corrected chi connectivity index (χ2v) is 17.8. The van der Waals surface area contributed by atoms with Crippen LogP contribution in [0.3, 0.4) is 0 Å². The maximum atomic E-state index is 15.4. The molecule has 58 heavy (non-hydrogen) atoms. The molecule has 288 valence electrons. The highest BCUT2D eigenvalue weighted by atomic mass is 19.4. The highest BCUT2D eigenvalue weighted by Gasteiger charge is 2.46. The molecule has 2 aliphatic rings. The average molecular weight is 772 g/mol. The Morgan fingerprint density at radius 1 is 0.569 bits per heavy atom. The van der Waals surface area contributed by atoms with E-state index in [2.05, 4.69) is 82.5 Å². The van der Waals surface area contributed by atoms with Gasteiger partial charge in [-0.15, -0.1) is 0 Å². The Kier molecular flexibility index (Phi) is 7.61. The molecular formula is C52H41F4NO. The monoisotopic (exact) mass is 771 g/mol. The zero-order chi connectivity index (χ0) is 40.5. The van der Waals surface area contributed by atoms with E-state index in [1.165, 1.54) is 34.0 Å². The fraction of sp³-hybridized carbons (Fsp3) is 0.192. The number of aromatic nitrogens is 1. The minimum atomic E-state index is -4.67. The fourth-order valence-corrected chi connectivity index (χ4v) is 9.19. The van der Waals surface area contributed by atoms with Gasteiger partial charge in [-0.2, -0.15) is 13.2 Å². The SMILES string of the molecule is CC(C)(C)c1ccc2c(c1)c1cc(C(C)(C)C)ccc1n2-c1ccc(C2(c3ccc(F)cc3)C=Cc3c(C(F)(F)F)c4c5c(cccc5c3O2)-c2ccccc2-4)cc1. The smallest absolute Gasteiger partial charge is 0.417 e. The van der Waals surface area contributed by atoms with Crippen LogP contribution in [-0.4, -0.2) is 4.57 Å². The number of rotatable bonds is 3. The first-order valence-electron chi connectivity index (χ1n) is 19.7. The van der Waals surface area contributed by atoms with Gasteiger partial charge in [-0.05, 0) is 99.3 Å². The van der Waals surface area contributed by atoms with E-state index in [4.69, 9.17) is 4.74 Å². The lowest BCUT2D eigenvalue weighted by atomic mass is 9.81. The van der Waals surface area contributed by atoms with Crippen LogP contribution in [0.25, 0.3) is 66.6 Å². The molecule has 2 heterocycles. The van der Waals surface area contributed by atoms with E-state index in [-0.39, 0.29) is 27.7 Å². The lowest BCUT2D eigenvalue weighted by molar-refractivity contribution is -0.137. The number of hydrogen-bond donors (Lipinski definition) is 0. The lowest BCUT2D eigenvalue weighted by Gasteiger charge is -2.38. The van der Waals surface area contributed by atoms with Gasteiger partial charge in [0.15, 0.2) is 5.60 Å². The lowest BCUT2D eigenvalue weighted by Crippen LogP contribution is -2.35. The second kappa shape index (κ2) is 12.2. The van der Waals surface area contributed by atoms with Crippen LogP contribution in [0, 0.1) is 5.82 Å². The molecule has 0 saturated heterocycles. The van der Waals surface area contributed by atoms with Crippen LogP contribution in [0.5, 0.6) is 5.75 Å². The minimum absolute atomic E-state index is 0.0206. The third-order valence-corrected chi connectivity index (χ3v) is 12.2. The highest BCUT2D eigenvalue weighted by molar-refractivity contribution is 6.19. The molecule has 8 aromatic rings. The first kappa shape index (κ1) is 36.2. The predicted octanol–water partition coefficient (Wildman–Crippen LogP) is 14.7. The summed E-state index contributed by atoms with van der Waals surface area (Å²) in [6, 6.07) is 40.3. The molecule has 0 bridgehead atoms. The summed E-state index contributed by atoms with van der Waals surface area (Å²) in [7, 11) is 0. The zero-order valence-electron chi connectivity index (χ0n) is 33.1. The summed E-state index contributed by atoms with van der Waals surface area (Å²) in [6.45, 7) is 13.3. The van der Waals surface area contributed by atoms with Gasteiger partial charge in [0.05, 0.1) is 16.6 Å². The molecule has 0 N–H and O–H groups in total. The number of alkyl halides is 3. The van der Waals surface area contributed by atoms with Gasteiger partial charge in [0.25, 0.3) is 0 Å². The molecule has 1 atom stereocenters. The van der Waals surface area contributed by atoms with Crippen molar-refractivity contribution in [2.45, 2.75) is 64.1 Å². The molecule has 2 nitrogen and oxygen atoms in total. The summed E-state index contributed by atoms with van der Waals surface area (Å²) in [5, 5.41) is 3.44. The van der Waals surface area contributed by atoms with Crippen LogP contribution in [0.15, 0.2) is 133 Å². The van der Waals surface area contributed by atoms with Crippen molar-refractivity contribution < 1.29 is 22.3 Å². The molecule has 0 saturated carbocycles. The van der Waals surface area contributed by atoms with E-state index in [9.17, 15) is 4.39 Å². The quantitative estimate of drug-likeness (QED) is 0.163. The summed E-state index contributed by atoms with van der Waals surface area (Å²) >= 11 is 0. The van der Waals surface area contributed by atoms with Crippen LogP contribution in [0.1, 0.15) is 74.9 Å². The van der Waals surface area contributed by atoms with Gasteiger partial charge >= 0.3 is 6.18 Å². The molecule has 0 fully saturated rings. The molecular weight excluding hydrogens is 731 g/mol. The number of ether oxygens (including phenoxy) is 1. The summed E-state index contributed by atoms with van der Waals surface area (Å²) in [6.07, 6.45) is -1.43. The number of benzene rings is 7. The van der Waals surface area contributed by atoms with Crippen molar-refractivity contribution in [3.63, 3.8) is 0 Å². The molecule has 0 radical (unpaired) electrons. The van der Waals surface area contributed by atoms with Gasteiger partial charge in [0.1, 0.15) is 11.6 Å². The standard InChI is InChI=1S/C52H41F4NO/c1-49(2,3)32-18-24-43-41(28-32)42-29-33(50(4,5)6)19-25-44(42)57(43)35-22-16-31(17-23-35)51(30-14-20-34(53)21-15-30)27-26-40-47(52(54,55)56)46-38-11-8-7-10-36(38)37-12-9-13-39(45(37)46)48(40)58-51/h7-29H,1-6H3. The van der Waals surface area contributed by atoms with Crippen molar-refractivity contribution >= 4 is 38.7 Å². The minimum Gasteiger partial charge on any atom is -0.472 e. The van der Waals surface area contributed by atoms with Crippen molar-refractivity contribution in [1.82, 2.24) is 4.57 Å². The molecule has 1 unspecified atom stereocenters. The van der Waals surface area contributed by atoms with Crippen molar-refractivity contribution in [2.75, 3.05) is 0 Å². The molecule has 0 amide bonds. The number of fused-ring (bicyclic) bond motifs is 8. The van der Waals surface area contributed by atoms with Crippen molar-refractivity contribution in [1.29, 1.82) is 0 Å². The summed E-state index contributed by atoms with van der Waals surface area (Å²) in [5.74, 6) is -0.281. The first-order valence-corrected chi connectivity index (χ1v) is 19.7. The normalized spacial score (nSPS) is 16.2. The van der Waals surface area contributed by atoms with E-state index in [0.717, 1.165) is 27.8 Å². The Labute approximate surface area is 335 Å². The average Bonchev–Trinajstić information content (AvgIpc) is 3.70. The van der Waals surface area contributed by atoms with Crippen LogP contribution in [0.2, 0.25) is 0 Å². The van der Waals surface area contributed by atoms with E-state index in [1.54, 1.807) is 36.4 Å². The van der Waals surface area contributed by atoms with E-state index in [1.807, 2.05) is 54.6 Å². The summed E-state index contributed by atoms with van der Waals surface area (Å²) in [5.41, 5.74) is 6.87. The molecule has 6 heteroatoms. The molecule has 1 aliphatic carbocycles. The Hall–Kier alpha value is -6.14. The molecule has 7 aromatic carbocycles. The molecule has 1 aromatic heterocycles. The van der Waals surface area contributed by atoms with Crippen LogP contribution < -0.4 is 4.74 Å². The maximum absolute atomic E-state index is 15.4. The maximum Gasteiger partial charge on any atom is 0.417 e. The third kappa shape index (κ3) is 5.30. The van der Waals surface area contributed by atoms with E-state index < -0.39 is 23.2 Å². The Morgan fingerprint density at radius 3 is 1.69 bits per heavy atom. The van der Waals surface area contributed by atoms with Crippen molar-refractivity contribution in [3.05, 3.63) is 173 Å². The van der Waals surface area contributed by atoms with Gasteiger partial charge in [0, 0.05) is 49.5 Å². The number of halogens is 4.